The van der Waals surface area contributed by atoms with Gasteiger partial charge in [0.15, 0.2) is 0 Å². The van der Waals surface area contributed by atoms with Gasteiger partial charge in [0, 0.05) is 0 Å². The molecule has 0 heterocycles. The maximum absolute atomic E-state index is 10.3. The van der Waals surface area contributed by atoms with Crippen molar-refractivity contribution in [3.8, 4) is 0 Å². The molecule has 18 heavy (non-hydrogen) atoms. The molecular formula is C14H30GeO3. The summed E-state index contributed by atoms with van der Waals surface area (Å²) in [5.74, 6) is 0. The van der Waals surface area contributed by atoms with E-state index in [2.05, 4.69) is 6.92 Å². The van der Waals surface area contributed by atoms with E-state index in [4.69, 9.17) is 7.90 Å². The Morgan fingerprint density at radius 1 is 0.778 bits per heavy atom. The number of rotatable bonds is 14. The number of unbranched alkanes of at least 4 members (excludes halogenated alkanes) is 11. The van der Waals surface area contributed by atoms with Crippen molar-refractivity contribution in [3.05, 3.63) is 0 Å². The van der Waals surface area contributed by atoms with E-state index in [1.54, 1.807) is 0 Å². The molecule has 0 atom stereocenters. The van der Waals surface area contributed by atoms with Crippen molar-refractivity contribution in [2.45, 2.75) is 84.0 Å². The monoisotopic (exact) mass is 320 g/mol. The van der Waals surface area contributed by atoms with Crippen LogP contribution in [0.4, 0.5) is 0 Å². The molecule has 0 aliphatic carbocycles. The van der Waals surface area contributed by atoms with Crippen LogP contribution >= 0.6 is 0 Å². The molecule has 1 N–H and O–H groups in total. The second kappa shape index (κ2) is 15.0. The molecule has 3 nitrogen and oxygen atoms in total. The predicted molar refractivity (Wildman–Crippen MR) is 75.7 cm³/mol. The van der Waals surface area contributed by atoms with E-state index >= 15 is 0 Å². The first-order chi connectivity index (χ1) is 8.77. The van der Waals surface area contributed by atoms with E-state index in [0.29, 0.717) is 6.61 Å². The minimum absolute atomic E-state index is 0.465. The molecule has 0 bridgehead atoms. The third-order valence-electron chi connectivity index (χ3n) is 3.22. The maximum atomic E-state index is 10.3. The van der Waals surface area contributed by atoms with Crippen molar-refractivity contribution in [2.24, 2.45) is 0 Å². The zero-order valence-corrected chi connectivity index (χ0v) is 14.1. The topological polar surface area (TPSA) is 46.5 Å². The van der Waals surface area contributed by atoms with Crippen LogP contribution in [0.3, 0.4) is 0 Å². The molecule has 0 saturated carbocycles. The fourth-order valence-electron chi connectivity index (χ4n) is 2.10. The summed E-state index contributed by atoms with van der Waals surface area (Å²) < 4.78 is 23.5. The minimum atomic E-state index is -3.24. The van der Waals surface area contributed by atoms with Gasteiger partial charge in [-0.3, -0.25) is 0 Å². The van der Waals surface area contributed by atoms with Crippen LogP contribution in [0.1, 0.15) is 84.0 Å². The third-order valence-corrected chi connectivity index (χ3v) is 4.17. The molecule has 0 aliphatic rings. The molecule has 0 saturated heterocycles. The second-order valence-electron chi connectivity index (χ2n) is 5.00. The zero-order chi connectivity index (χ0) is 13.5. The molecular weight excluding hydrogens is 289 g/mol. The zero-order valence-electron chi connectivity index (χ0n) is 12.0. The van der Waals surface area contributed by atoms with Crippen molar-refractivity contribution < 1.29 is 11.7 Å². The summed E-state index contributed by atoms with van der Waals surface area (Å²) in [6, 6.07) is 0. The molecule has 0 aliphatic heterocycles. The van der Waals surface area contributed by atoms with Gasteiger partial charge in [-0.2, -0.15) is 0 Å². The van der Waals surface area contributed by atoms with E-state index in [1.807, 2.05) is 0 Å². The molecule has 0 aromatic heterocycles. The molecule has 0 aromatic carbocycles. The van der Waals surface area contributed by atoms with Gasteiger partial charge in [0.1, 0.15) is 0 Å². The summed E-state index contributed by atoms with van der Waals surface area (Å²) in [5, 5.41) is 0. The first-order valence-electron chi connectivity index (χ1n) is 7.63. The van der Waals surface area contributed by atoms with E-state index in [0.717, 1.165) is 12.8 Å². The van der Waals surface area contributed by atoms with Gasteiger partial charge < -0.3 is 0 Å². The van der Waals surface area contributed by atoms with Gasteiger partial charge in [-0.25, -0.2) is 0 Å². The van der Waals surface area contributed by atoms with Crippen molar-refractivity contribution in [1.29, 1.82) is 0 Å². The van der Waals surface area contributed by atoms with Gasteiger partial charge in [-0.05, 0) is 0 Å². The van der Waals surface area contributed by atoms with Crippen molar-refractivity contribution in [3.63, 3.8) is 0 Å². The summed E-state index contributed by atoms with van der Waals surface area (Å²) in [7, 11) is 0. The van der Waals surface area contributed by atoms with Crippen LogP contribution in [0.25, 0.3) is 0 Å². The van der Waals surface area contributed by atoms with Gasteiger partial charge in [-0.1, -0.05) is 19.8 Å². The third kappa shape index (κ3) is 15.9. The summed E-state index contributed by atoms with van der Waals surface area (Å²) in [5.41, 5.74) is 0. The fraction of sp³-hybridized carbons (Fsp3) is 1.00. The quantitative estimate of drug-likeness (QED) is 0.387. The molecule has 4 heteroatoms. The fourth-order valence-corrected chi connectivity index (χ4v) is 2.77. The van der Waals surface area contributed by atoms with Gasteiger partial charge in [0.2, 0.25) is 0 Å². The standard InChI is InChI=1S/C14H30GeO3/c1-2-3-4-5-6-7-8-9-10-11-12-13-14-18-15(16)17/h16H,2-14H2,1H3. The Balaban J connectivity index is 2.92. The van der Waals surface area contributed by atoms with Crippen LogP contribution in [-0.2, 0) is 7.54 Å². The molecule has 108 valence electrons. The van der Waals surface area contributed by atoms with E-state index in [1.165, 1.54) is 64.2 Å². The van der Waals surface area contributed by atoms with Crippen LogP contribution in [0.2, 0.25) is 0 Å². The first kappa shape index (κ1) is 17.9. The molecule has 0 amide bonds. The Morgan fingerprint density at radius 3 is 1.56 bits per heavy atom. The summed E-state index contributed by atoms with van der Waals surface area (Å²) >= 11 is -3.24. The van der Waals surface area contributed by atoms with Crippen LogP contribution in [0.5, 0.6) is 0 Å². The van der Waals surface area contributed by atoms with Crippen molar-refractivity contribution in [1.82, 2.24) is 0 Å². The Hall–Kier alpha value is -0.0571. The summed E-state index contributed by atoms with van der Waals surface area (Å²) in [6.07, 6.45) is 15.6. The van der Waals surface area contributed by atoms with Gasteiger partial charge in [0.05, 0.1) is 0 Å². The SMILES string of the molecule is CCCCCCCCCCCCCC[O][Ge](=[O])[OH]. The Labute approximate surface area is 117 Å². The molecule has 0 spiro atoms. The summed E-state index contributed by atoms with van der Waals surface area (Å²) in [4.78, 5) is 0. The first-order valence-corrected chi connectivity index (χ1v) is 10.3. The molecule has 0 aromatic rings. The molecule has 0 unspecified atom stereocenters. The van der Waals surface area contributed by atoms with E-state index in [-0.39, 0.29) is 0 Å². The molecule has 0 rings (SSSR count). The van der Waals surface area contributed by atoms with E-state index in [9.17, 15) is 3.78 Å². The average Bonchev–Trinajstić information content (AvgIpc) is 2.34. The van der Waals surface area contributed by atoms with Crippen LogP contribution in [0, 0.1) is 0 Å². The van der Waals surface area contributed by atoms with Gasteiger partial charge in [0.25, 0.3) is 0 Å². The molecule has 0 radical (unpaired) electrons. The van der Waals surface area contributed by atoms with Crippen molar-refractivity contribution >= 4 is 15.0 Å². The Bertz CT molecular complexity index is 186. The average molecular weight is 319 g/mol. The van der Waals surface area contributed by atoms with Crippen LogP contribution < -0.4 is 0 Å². The normalized spacial score (nSPS) is 10.5. The van der Waals surface area contributed by atoms with Crippen molar-refractivity contribution in [2.75, 3.05) is 6.61 Å². The predicted octanol–water partition coefficient (Wildman–Crippen LogP) is 4.11. The van der Waals surface area contributed by atoms with Gasteiger partial charge >= 0.3 is 97.4 Å². The van der Waals surface area contributed by atoms with Gasteiger partial charge in [-0.15, -0.1) is 0 Å². The number of hydrogen-bond donors (Lipinski definition) is 1. The van der Waals surface area contributed by atoms with Crippen LogP contribution in [-0.4, -0.2) is 25.7 Å². The molecule has 0 fully saturated rings. The Morgan fingerprint density at radius 2 is 1.17 bits per heavy atom. The Kier molecular flexibility index (Phi) is 15.0. The van der Waals surface area contributed by atoms with E-state index < -0.39 is 15.0 Å². The van der Waals surface area contributed by atoms with Crippen LogP contribution in [0.15, 0.2) is 0 Å². The summed E-state index contributed by atoms with van der Waals surface area (Å²) in [6.45, 7) is 2.72. The second-order valence-corrected chi connectivity index (χ2v) is 6.72. The number of hydrogen-bond acceptors (Lipinski definition) is 2.